The average Bonchev–Trinajstić information content (AvgIpc) is 2.33. The van der Waals surface area contributed by atoms with Gasteiger partial charge in [0.1, 0.15) is 0 Å². The number of hydrogen-bond acceptors (Lipinski definition) is 3. The normalized spacial score (nSPS) is 28.8. The lowest BCUT2D eigenvalue weighted by Gasteiger charge is -2.37. The van der Waals surface area contributed by atoms with Crippen LogP contribution in [0, 0.1) is 17.8 Å². The van der Waals surface area contributed by atoms with Gasteiger partial charge in [0.25, 0.3) is 0 Å². The number of aliphatic hydroxyl groups excluding tert-OH is 1. The minimum atomic E-state index is 0.108. The van der Waals surface area contributed by atoms with Crippen LogP contribution < -0.4 is 0 Å². The minimum Gasteiger partial charge on any atom is -0.394 e. The number of rotatable bonds is 8. The molecular formula is C15H30O3. The second-order valence-corrected chi connectivity index (χ2v) is 5.92. The zero-order chi connectivity index (χ0) is 13.4. The first-order chi connectivity index (χ1) is 8.65. The van der Waals surface area contributed by atoms with Gasteiger partial charge >= 0.3 is 0 Å². The van der Waals surface area contributed by atoms with Crippen molar-refractivity contribution < 1.29 is 14.6 Å². The molecule has 3 atom stereocenters. The summed E-state index contributed by atoms with van der Waals surface area (Å²) >= 11 is 0. The molecule has 108 valence electrons. The van der Waals surface area contributed by atoms with Crippen LogP contribution in [0.1, 0.15) is 46.5 Å². The van der Waals surface area contributed by atoms with Gasteiger partial charge in [-0.25, -0.2) is 0 Å². The predicted octanol–water partition coefficient (Wildman–Crippen LogP) is 2.86. The first-order valence-corrected chi connectivity index (χ1v) is 7.45. The molecule has 0 heterocycles. The zero-order valence-electron chi connectivity index (χ0n) is 12.2. The van der Waals surface area contributed by atoms with Crippen LogP contribution in [-0.4, -0.2) is 37.6 Å². The monoisotopic (exact) mass is 258 g/mol. The first kappa shape index (κ1) is 15.9. The van der Waals surface area contributed by atoms with Crippen LogP contribution in [0.2, 0.25) is 0 Å². The Labute approximate surface area is 112 Å². The molecule has 0 aliphatic heterocycles. The average molecular weight is 258 g/mol. The van der Waals surface area contributed by atoms with Crippen LogP contribution in [0.3, 0.4) is 0 Å². The maximum absolute atomic E-state index is 8.60. The van der Waals surface area contributed by atoms with E-state index in [1.807, 2.05) is 0 Å². The molecule has 1 rings (SSSR count). The van der Waals surface area contributed by atoms with Crippen LogP contribution in [-0.2, 0) is 9.47 Å². The fraction of sp³-hybridized carbons (Fsp3) is 1.00. The lowest BCUT2D eigenvalue weighted by Crippen LogP contribution is -2.34. The van der Waals surface area contributed by atoms with Crippen molar-refractivity contribution in [2.45, 2.75) is 52.6 Å². The molecule has 0 aromatic rings. The van der Waals surface area contributed by atoms with Gasteiger partial charge in [-0.1, -0.05) is 27.2 Å². The van der Waals surface area contributed by atoms with Gasteiger partial charge in [0.2, 0.25) is 0 Å². The van der Waals surface area contributed by atoms with Crippen LogP contribution >= 0.6 is 0 Å². The van der Waals surface area contributed by atoms with E-state index in [4.69, 9.17) is 14.6 Å². The molecule has 0 saturated heterocycles. The summed E-state index contributed by atoms with van der Waals surface area (Å²) in [6.07, 6.45) is 5.23. The van der Waals surface area contributed by atoms with E-state index in [1.165, 1.54) is 19.3 Å². The molecule has 0 aromatic heterocycles. The SMILES string of the molecule is CC1CCC(C(C)C)C(OCCCOCCO)C1. The van der Waals surface area contributed by atoms with Crippen LogP contribution in [0.15, 0.2) is 0 Å². The largest absolute Gasteiger partial charge is 0.394 e. The standard InChI is InChI=1S/C15H30O3/c1-12(2)14-6-5-13(3)11-15(14)18-9-4-8-17-10-7-16/h12-16H,4-11H2,1-3H3. The van der Waals surface area contributed by atoms with Crippen LogP contribution in [0.4, 0.5) is 0 Å². The van der Waals surface area contributed by atoms with Crippen LogP contribution in [0.25, 0.3) is 0 Å². The fourth-order valence-electron chi connectivity index (χ4n) is 2.87. The Kier molecular flexibility index (Phi) is 7.87. The highest BCUT2D eigenvalue weighted by Crippen LogP contribution is 2.35. The van der Waals surface area contributed by atoms with Crippen molar-refractivity contribution in [3.8, 4) is 0 Å². The summed E-state index contributed by atoms with van der Waals surface area (Å²) in [5, 5.41) is 8.60. The molecule has 1 aliphatic rings. The predicted molar refractivity (Wildman–Crippen MR) is 73.6 cm³/mol. The Morgan fingerprint density at radius 1 is 1.17 bits per heavy atom. The molecule has 1 fully saturated rings. The fourth-order valence-corrected chi connectivity index (χ4v) is 2.87. The van der Waals surface area contributed by atoms with Gasteiger partial charge in [0.05, 0.1) is 19.3 Å². The smallest absolute Gasteiger partial charge is 0.0697 e. The third kappa shape index (κ3) is 5.68. The Balaban J connectivity index is 2.20. The maximum atomic E-state index is 8.60. The van der Waals surface area contributed by atoms with Crippen molar-refractivity contribution >= 4 is 0 Å². The molecule has 0 amide bonds. The number of hydrogen-bond donors (Lipinski definition) is 1. The maximum Gasteiger partial charge on any atom is 0.0697 e. The molecule has 18 heavy (non-hydrogen) atoms. The van der Waals surface area contributed by atoms with E-state index >= 15 is 0 Å². The number of aliphatic hydroxyl groups is 1. The molecule has 1 aliphatic carbocycles. The quantitative estimate of drug-likeness (QED) is 0.680. The van der Waals surface area contributed by atoms with Gasteiger partial charge in [0, 0.05) is 13.2 Å². The van der Waals surface area contributed by atoms with E-state index in [0.29, 0.717) is 25.2 Å². The molecule has 1 N–H and O–H groups in total. The van der Waals surface area contributed by atoms with E-state index in [-0.39, 0.29) is 6.61 Å². The lowest BCUT2D eigenvalue weighted by atomic mass is 9.75. The molecule has 0 bridgehead atoms. The van der Waals surface area contributed by atoms with Crippen molar-refractivity contribution in [1.82, 2.24) is 0 Å². The van der Waals surface area contributed by atoms with Gasteiger partial charge in [-0.2, -0.15) is 0 Å². The Bertz CT molecular complexity index is 206. The summed E-state index contributed by atoms with van der Waals surface area (Å²) in [5.41, 5.74) is 0. The van der Waals surface area contributed by atoms with E-state index < -0.39 is 0 Å². The van der Waals surface area contributed by atoms with Crippen molar-refractivity contribution in [1.29, 1.82) is 0 Å². The number of ether oxygens (including phenoxy) is 2. The summed E-state index contributed by atoms with van der Waals surface area (Å²) in [5.74, 6) is 2.24. The van der Waals surface area contributed by atoms with Gasteiger partial charge in [-0.15, -0.1) is 0 Å². The highest BCUT2D eigenvalue weighted by molar-refractivity contribution is 4.81. The summed E-state index contributed by atoms with van der Waals surface area (Å²) in [6, 6.07) is 0. The molecule has 1 saturated carbocycles. The van der Waals surface area contributed by atoms with E-state index in [9.17, 15) is 0 Å². The molecule has 3 nitrogen and oxygen atoms in total. The van der Waals surface area contributed by atoms with Crippen molar-refractivity contribution in [3.63, 3.8) is 0 Å². The second-order valence-electron chi connectivity index (χ2n) is 5.92. The third-order valence-corrected chi connectivity index (χ3v) is 3.96. The van der Waals surface area contributed by atoms with E-state index in [2.05, 4.69) is 20.8 Å². The summed E-state index contributed by atoms with van der Waals surface area (Å²) in [4.78, 5) is 0. The van der Waals surface area contributed by atoms with Crippen molar-refractivity contribution in [3.05, 3.63) is 0 Å². The van der Waals surface area contributed by atoms with Gasteiger partial charge in [-0.05, 0) is 37.0 Å². The second kappa shape index (κ2) is 8.89. The molecule has 3 unspecified atom stereocenters. The molecule has 3 heteroatoms. The Morgan fingerprint density at radius 3 is 2.61 bits per heavy atom. The molecule has 0 spiro atoms. The molecule has 0 radical (unpaired) electrons. The minimum absolute atomic E-state index is 0.108. The molecular weight excluding hydrogens is 228 g/mol. The Morgan fingerprint density at radius 2 is 1.94 bits per heavy atom. The zero-order valence-corrected chi connectivity index (χ0v) is 12.2. The summed E-state index contributed by atoms with van der Waals surface area (Å²) < 4.78 is 11.3. The lowest BCUT2D eigenvalue weighted by molar-refractivity contribution is -0.0451. The van der Waals surface area contributed by atoms with Gasteiger partial charge in [0.15, 0.2) is 0 Å². The summed E-state index contributed by atoms with van der Waals surface area (Å²) in [7, 11) is 0. The van der Waals surface area contributed by atoms with Crippen molar-refractivity contribution in [2.24, 2.45) is 17.8 Å². The van der Waals surface area contributed by atoms with E-state index in [1.54, 1.807) is 0 Å². The van der Waals surface area contributed by atoms with Gasteiger partial charge < -0.3 is 14.6 Å². The first-order valence-electron chi connectivity index (χ1n) is 7.45. The highest BCUT2D eigenvalue weighted by atomic mass is 16.5. The highest BCUT2D eigenvalue weighted by Gasteiger charge is 2.31. The Hall–Kier alpha value is -0.120. The van der Waals surface area contributed by atoms with Crippen LogP contribution in [0.5, 0.6) is 0 Å². The van der Waals surface area contributed by atoms with Gasteiger partial charge in [-0.3, -0.25) is 0 Å². The summed E-state index contributed by atoms with van der Waals surface area (Å²) in [6.45, 7) is 8.97. The van der Waals surface area contributed by atoms with E-state index in [0.717, 1.165) is 24.9 Å². The third-order valence-electron chi connectivity index (χ3n) is 3.96. The topological polar surface area (TPSA) is 38.7 Å². The molecule has 0 aromatic carbocycles. The van der Waals surface area contributed by atoms with Crippen molar-refractivity contribution in [2.75, 3.05) is 26.4 Å².